The van der Waals surface area contributed by atoms with Crippen LogP contribution in [0, 0.1) is 0 Å². The molecule has 2 aromatic rings. The minimum absolute atomic E-state index is 0.192. The first kappa shape index (κ1) is 13.0. The predicted molar refractivity (Wildman–Crippen MR) is 74.4 cm³/mol. The van der Waals surface area contributed by atoms with Gasteiger partial charge in [-0.3, -0.25) is 4.98 Å². The van der Waals surface area contributed by atoms with Crippen LogP contribution in [0.3, 0.4) is 0 Å². The van der Waals surface area contributed by atoms with Crippen LogP contribution >= 0.6 is 0 Å². The third-order valence-corrected chi connectivity index (χ3v) is 3.19. The van der Waals surface area contributed by atoms with E-state index in [9.17, 15) is 5.11 Å². The summed E-state index contributed by atoms with van der Waals surface area (Å²) in [6, 6.07) is 8.27. The average molecular weight is 244 g/mol. The number of aromatic nitrogens is 1. The fourth-order valence-electron chi connectivity index (χ4n) is 2.02. The van der Waals surface area contributed by atoms with E-state index in [2.05, 4.69) is 22.4 Å². The summed E-state index contributed by atoms with van der Waals surface area (Å²) in [5, 5.41) is 15.3. The quantitative estimate of drug-likeness (QED) is 0.767. The van der Waals surface area contributed by atoms with Gasteiger partial charge in [-0.15, -0.1) is 0 Å². The van der Waals surface area contributed by atoms with Gasteiger partial charge in [-0.1, -0.05) is 31.2 Å². The van der Waals surface area contributed by atoms with Crippen molar-refractivity contribution in [1.29, 1.82) is 0 Å². The predicted octanol–water partition coefficient (Wildman–Crippen LogP) is 2.49. The van der Waals surface area contributed by atoms with Crippen LogP contribution in [0.15, 0.2) is 36.7 Å². The summed E-state index contributed by atoms with van der Waals surface area (Å²) in [6.45, 7) is 3.63. The first-order valence-corrected chi connectivity index (χ1v) is 6.51. The van der Waals surface area contributed by atoms with Crippen molar-refractivity contribution in [3.8, 4) is 0 Å². The summed E-state index contributed by atoms with van der Waals surface area (Å²) < 4.78 is 0. The molecule has 0 aliphatic rings. The smallest absolute Gasteiger partial charge is 0.0549 e. The second-order valence-corrected chi connectivity index (χ2v) is 4.55. The summed E-state index contributed by atoms with van der Waals surface area (Å²) >= 11 is 0. The molecule has 1 aromatic carbocycles. The molecule has 0 spiro atoms. The first-order valence-electron chi connectivity index (χ1n) is 6.51. The van der Waals surface area contributed by atoms with Gasteiger partial charge in [0, 0.05) is 24.3 Å². The normalized spacial score (nSPS) is 12.8. The zero-order valence-electron chi connectivity index (χ0n) is 10.8. The van der Waals surface area contributed by atoms with Crippen LogP contribution < -0.4 is 5.32 Å². The van der Waals surface area contributed by atoms with Gasteiger partial charge in [0.15, 0.2) is 0 Å². The number of hydrogen-bond donors (Lipinski definition) is 2. The molecule has 0 amide bonds. The van der Waals surface area contributed by atoms with Gasteiger partial charge in [0.2, 0.25) is 0 Å². The van der Waals surface area contributed by atoms with Crippen LogP contribution in [0.4, 0.5) is 0 Å². The number of rotatable bonds is 6. The molecular formula is C15H20N2O. The molecule has 0 saturated carbocycles. The third-order valence-electron chi connectivity index (χ3n) is 3.19. The highest BCUT2D eigenvalue weighted by Crippen LogP contribution is 2.16. The molecule has 0 aliphatic carbocycles. The fourth-order valence-corrected chi connectivity index (χ4v) is 2.02. The number of nitrogens with zero attached hydrogens (tertiary/aromatic N) is 1. The lowest BCUT2D eigenvalue weighted by Gasteiger charge is -2.10. The number of aliphatic hydroxyl groups is 1. The van der Waals surface area contributed by atoms with Crippen LogP contribution in [0.1, 0.15) is 25.3 Å². The maximum Gasteiger partial charge on any atom is 0.0549 e. The van der Waals surface area contributed by atoms with E-state index in [4.69, 9.17) is 0 Å². The Balaban J connectivity index is 1.95. The molecule has 0 bridgehead atoms. The Morgan fingerprint density at radius 1 is 1.28 bits per heavy atom. The van der Waals surface area contributed by atoms with Crippen LogP contribution in [-0.4, -0.2) is 22.7 Å². The van der Waals surface area contributed by atoms with Crippen molar-refractivity contribution >= 4 is 10.8 Å². The molecule has 2 N–H and O–H groups in total. The highest BCUT2D eigenvalue weighted by atomic mass is 16.3. The van der Waals surface area contributed by atoms with E-state index < -0.39 is 0 Å². The largest absolute Gasteiger partial charge is 0.393 e. The molecule has 1 atom stereocenters. The molecule has 3 heteroatoms. The van der Waals surface area contributed by atoms with Crippen LogP contribution in [0.5, 0.6) is 0 Å². The summed E-state index contributed by atoms with van der Waals surface area (Å²) in [7, 11) is 0. The number of aliphatic hydroxyl groups excluding tert-OH is 1. The molecule has 96 valence electrons. The van der Waals surface area contributed by atoms with Crippen molar-refractivity contribution < 1.29 is 5.11 Å². The Labute approximate surface area is 108 Å². The van der Waals surface area contributed by atoms with Gasteiger partial charge in [-0.25, -0.2) is 0 Å². The number of benzene rings is 1. The number of hydrogen-bond acceptors (Lipinski definition) is 3. The van der Waals surface area contributed by atoms with Gasteiger partial charge in [-0.05, 0) is 30.3 Å². The molecule has 1 heterocycles. The molecule has 0 saturated heterocycles. The molecule has 3 nitrogen and oxygen atoms in total. The van der Waals surface area contributed by atoms with Gasteiger partial charge in [-0.2, -0.15) is 0 Å². The van der Waals surface area contributed by atoms with Gasteiger partial charge in [0.05, 0.1) is 6.10 Å². The summed E-state index contributed by atoms with van der Waals surface area (Å²) in [5.74, 6) is 0. The van der Waals surface area contributed by atoms with E-state index in [1.54, 1.807) is 0 Å². The van der Waals surface area contributed by atoms with Gasteiger partial charge < -0.3 is 10.4 Å². The van der Waals surface area contributed by atoms with E-state index in [0.717, 1.165) is 25.9 Å². The molecule has 0 aliphatic heterocycles. The molecule has 2 rings (SSSR count). The number of fused-ring (bicyclic) bond motifs is 1. The van der Waals surface area contributed by atoms with Gasteiger partial charge in [0.1, 0.15) is 0 Å². The third kappa shape index (κ3) is 3.28. The van der Waals surface area contributed by atoms with Crippen LogP contribution in [-0.2, 0) is 6.54 Å². The van der Waals surface area contributed by atoms with E-state index in [0.29, 0.717) is 0 Å². The Morgan fingerprint density at radius 3 is 2.94 bits per heavy atom. The summed E-state index contributed by atoms with van der Waals surface area (Å²) in [4.78, 5) is 4.25. The zero-order valence-corrected chi connectivity index (χ0v) is 10.8. The molecule has 1 unspecified atom stereocenters. The minimum atomic E-state index is -0.192. The number of pyridine rings is 1. The highest BCUT2D eigenvalue weighted by molar-refractivity contribution is 5.84. The topological polar surface area (TPSA) is 45.1 Å². The Bertz CT molecular complexity index is 493. The first-order chi connectivity index (χ1) is 8.81. The van der Waals surface area contributed by atoms with Gasteiger partial charge in [0.25, 0.3) is 0 Å². The zero-order chi connectivity index (χ0) is 12.8. The Morgan fingerprint density at radius 2 is 2.11 bits per heavy atom. The highest BCUT2D eigenvalue weighted by Gasteiger charge is 2.02. The Hall–Kier alpha value is -1.45. The van der Waals surface area contributed by atoms with Crippen molar-refractivity contribution in [1.82, 2.24) is 10.3 Å². The lowest BCUT2D eigenvalue weighted by atomic mass is 10.1. The molecule has 18 heavy (non-hydrogen) atoms. The maximum absolute atomic E-state index is 9.47. The summed E-state index contributed by atoms with van der Waals surface area (Å²) in [6.07, 6.45) is 5.22. The average Bonchev–Trinajstić information content (AvgIpc) is 2.43. The maximum atomic E-state index is 9.47. The van der Waals surface area contributed by atoms with E-state index in [1.165, 1.54) is 16.3 Å². The van der Waals surface area contributed by atoms with Crippen molar-refractivity contribution in [2.45, 2.75) is 32.4 Å². The van der Waals surface area contributed by atoms with Crippen molar-refractivity contribution in [3.05, 3.63) is 42.2 Å². The Kier molecular flexibility index (Phi) is 4.67. The fraction of sp³-hybridized carbons (Fsp3) is 0.400. The standard InChI is InChI=1S/C15H20N2O/c1-2-14(18)7-8-16-10-13-11-17-9-12-5-3-4-6-15(12)13/h3-6,9,11,14,16,18H,2,7-8,10H2,1H3. The van der Waals surface area contributed by atoms with Gasteiger partial charge >= 0.3 is 0 Å². The van der Waals surface area contributed by atoms with E-state index >= 15 is 0 Å². The van der Waals surface area contributed by atoms with Crippen molar-refractivity contribution in [3.63, 3.8) is 0 Å². The van der Waals surface area contributed by atoms with Crippen molar-refractivity contribution in [2.75, 3.05) is 6.54 Å². The lowest BCUT2D eigenvalue weighted by molar-refractivity contribution is 0.159. The van der Waals surface area contributed by atoms with E-state index in [1.807, 2.05) is 31.5 Å². The van der Waals surface area contributed by atoms with Crippen LogP contribution in [0.2, 0.25) is 0 Å². The van der Waals surface area contributed by atoms with E-state index in [-0.39, 0.29) is 6.10 Å². The molecule has 1 aromatic heterocycles. The second-order valence-electron chi connectivity index (χ2n) is 4.55. The molecule has 0 fully saturated rings. The summed E-state index contributed by atoms with van der Waals surface area (Å²) in [5.41, 5.74) is 1.21. The molecule has 0 radical (unpaired) electrons. The molecular weight excluding hydrogens is 224 g/mol. The lowest BCUT2D eigenvalue weighted by Crippen LogP contribution is -2.19. The minimum Gasteiger partial charge on any atom is -0.393 e. The van der Waals surface area contributed by atoms with Crippen LogP contribution in [0.25, 0.3) is 10.8 Å². The SMILES string of the molecule is CCC(O)CCNCc1cncc2ccccc12. The monoisotopic (exact) mass is 244 g/mol. The second kappa shape index (κ2) is 6.47. The number of nitrogens with one attached hydrogen (secondary N) is 1. The van der Waals surface area contributed by atoms with Crippen molar-refractivity contribution in [2.24, 2.45) is 0 Å².